The zero-order valence-corrected chi connectivity index (χ0v) is 32.7. The van der Waals surface area contributed by atoms with Crippen molar-refractivity contribution in [3.05, 3.63) is 224 Å². The number of para-hydroxylation sites is 2. The third-order valence-electron chi connectivity index (χ3n) is 12.2. The van der Waals surface area contributed by atoms with E-state index in [1.807, 2.05) is 12.1 Å². The average Bonchev–Trinajstić information content (AvgIpc) is 3.71. The highest BCUT2D eigenvalue weighted by Crippen LogP contribution is 2.44. The summed E-state index contributed by atoms with van der Waals surface area (Å²) in [5, 5.41) is 12.3. The molecule has 0 N–H and O–H groups in total. The van der Waals surface area contributed by atoms with Gasteiger partial charge >= 0.3 is 0 Å². The molecule has 11 aromatic carbocycles. The van der Waals surface area contributed by atoms with E-state index in [9.17, 15) is 0 Å². The first-order chi connectivity index (χ1) is 29.7. The number of furan rings is 1. The first kappa shape index (κ1) is 34.1. The molecule has 1 aromatic heterocycles. The van der Waals surface area contributed by atoms with Crippen molar-refractivity contribution in [2.75, 3.05) is 4.90 Å². The van der Waals surface area contributed by atoms with E-state index in [1.54, 1.807) is 0 Å². The van der Waals surface area contributed by atoms with Gasteiger partial charge in [-0.25, -0.2) is 0 Å². The van der Waals surface area contributed by atoms with E-state index >= 15 is 0 Å². The first-order valence-electron chi connectivity index (χ1n) is 20.6. The van der Waals surface area contributed by atoms with Crippen LogP contribution in [0.15, 0.2) is 229 Å². The van der Waals surface area contributed by atoms with Crippen molar-refractivity contribution in [2.45, 2.75) is 0 Å². The molecule has 0 aliphatic carbocycles. The molecule has 0 spiro atoms. The Bertz CT molecular complexity index is 3610. The Morgan fingerprint density at radius 1 is 0.283 bits per heavy atom. The smallest absolute Gasteiger partial charge is 0.136 e. The Hall–Kier alpha value is -7.94. The van der Waals surface area contributed by atoms with Crippen LogP contribution in [0.3, 0.4) is 0 Å². The lowest BCUT2D eigenvalue weighted by Crippen LogP contribution is -2.11. The minimum atomic E-state index is 0.892. The van der Waals surface area contributed by atoms with Crippen molar-refractivity contribution in [3.63, 3.8) is 0 Å². The normalized spacial score (nSPS) is 11.7. The molecule has 1 heterocycles. The maximum atomic E-state index is 6.33. The highest BCUT2D eigenvalue weighted by molar-refractivity contribution is 6.20. The Morgan fingerprint density at radius 3 is 1.77 bits per heavy atom. The third-order valence-corrected chi connectivity index (χ3v) is 12.2. The monoisotopic (exact) mass is 763 g/mol. The van der Waals surface area contributed by atoms with Crippen LogP contribution >= 0.6 is 0 Å². The SMILES string of the molecule is c1cc(-c2cccc3oc4ccccc4c23)cc(N(c2ccc(-c3ccc4ccc5ccc6ccccc6c5c4c3)cc2)c2ccccc2-c2ccc3ccccc3c2)c1. The Balaban J connectivity index is 1.02. The summed E-state index contributed by atoms with van der Waals surface area (Å²) >= 11 is 0. The lowest BCUT2D eigenvalue weighted by atomic mass is 9.94. The van der Waals surface area contributed by atoms with Gasteiger partial charge in [-0.15, -0.1) is 0 Å². The molecular formula is C58H37NO. The van der Waals surface area contributed by atoms with Crippen molar-refractivity contribution >= 4 is 82.1 Å². The topological polar surface area (TPSA) is 16.4 Å². The fourth-order valence-electron chi connectivity index (χ4n) is 9.33. The molecule has 0 aliphatic heterocycles. The van der Waals surface area contributed by atoms with Crippen molar-refractivity contribution in [3.8, 4) is 33.4 Å². The number of nitrogens with zero attached hydrogens (tertiary/aromatic N) is 1. The highest BCUT2D eigenvalue weighted by Gasteiger charge is 2.20. The molecule has 2 nitrogen and oxygen atoms in total. The molecular weight excluding hydrogens is 727 g/mol. The summed E-state index contributed by atoms with van der Waals surface area (Å²) < 4.78 is 6.33. The van der Waals surface area contributed by atoms with Crippen LogP contribution in [0.2, 0.25) is 0 Å². The van der Waals surface area contributed by atoms with Gasteiger partial charge in [0.05, 0.1) is 5.69 Å². The summed E-state index contributed by atoms with van der Waals surface area (Å²) in [6, 6.07) is 81.4. The van der Waals surface area contributed by atoms with Crippen LogP contribution in [-0.2, 0) is 0 Å². The fraction of sp³-hybridized carbons (Fsp3) is 0. The largest absolute Gasteiger partial charge is 0.456 e. The van der Waals surface area contributed by atoms with Crippen LogP contribution in [0.25, 0.3) is 98.4 Å². The molecule has 0 radical (unpaired) electrons. The van der Waals surface area contributed by atoms with Crippen molar-refractivity contribution in [1.82, 2.24) is 0 Å². The van der Waals surface area contributed by atoms with E-state index in [1.165, 1.54) is 59.8 Å². The average molecular weight is 764 g/mol. The lowest BCUT2D eigenvalue weighted by Gasteiger charge is -2.28. The second-order valence-corrected chi connectivity index (χ2v) is 15.7. The van der Waals surface area contributed by atoms with Crippen LogP contribution in [0.1, 0.15) is 0 Å². The minimum Gasteiger partial charge on any atom is -0.456 e. The summed E-state index contributed by atoms with van der Waals surface area (Å²) in [6.45, 7) is 0. The number of fused-ring (bicyclic) bond motifs is 9. The molecule has 0 unspecified atom stereocenters. The third kappa shape index (κ3) is 5.65. The van der Waals surface area contributed by atoms with Gasteiger partial charge in [-0.1, -0.05) is 170 Å². The van der Waals surface area contributed by atoms with Gasteiger partial charge in [-0.3, -0.25) is 0 Å². The van der Waals surface area contributed by atoms with E-state index in [4.69, 9.17) is 4.42 Å². The van der Waals surface area contributed by atoms with Gasteiger partial charge < -0.3 is 9.32 Å². The molecule has 12 aromatic rings. The highest BCUT2D eigenvalue weighted by atomic mass is 16.3. The molecule has 0 saturated heterocycles. The van der Waals surface area contributed by atoms with Crippen LogP contribution in [0, 0.1) is 0 Å². The van der Waals surface area contributed by atoms with Gasteiger partial charge in [-0.05, 0) is 126 Å². The van der Waals surface area contributed by atoms with Gasteiger partial charge in [0.25, 0.3) is 0 Å². The number of rotatable bonds is 6. The summed E-state index contributed by atoms with van der Waals surface area (Å²) in [6.07, 6.45) is 0. The van der Waals surface area contributed by atoms with Crippen molar-refractivity contribution in [1.29, 1.82) is 0 Å². The first-order valence-corrected chi connectivity index (χ1v) is 20.6. The summed E-state index contributed by atoms with van der Waals surface area (Å²) in [5.41, 5.74) is 12.0. The molecule has 2 heteroatoms. The second kappa shape index (κ2) is 13.9. The quantitative estimate of drug-likeness (QED) is 0.157. The van der Waals surface area contributed by atoms with Crippen LogP contribution in [0.4, 0.5) is 17.1 Å². The lowest BCUT2D eigenvalue weighted by molar-refractivity contribution is 0.669. The molecule has 280 valence electrons. The van der Waals surface area contributed by atoms with Crippen LogP contribution in [-0.4, -0.2) is 0 Å². The van der Waals surface area contributed by atoms with Crippen LogP contribution in [0.5, 0.6) is 0 Å². The van der Waals surface area contributed by atoms with Crippen molar-refractivity contribution < 1.29 is 4.42 Å². The zero-order chi connectivity index (χ0) is 39.6. The van der Waals surface area contributed by atoms with E-state index in [-0.39, 0.29) is 0 Å². The van der Waals surface area contributed by atoms with E-state index in [0.717, 1.165) is 55.7 Å². The van der Waals surface area contributed by atoms with Gasteiger partial charge in [0, 0.05) is 27.7 Å². The summed E-state index contributed by atoms with van der Waals surface area (Å²) in [7, 11) is 0. The standard InChI is InChI=1S/C58H37NO/c1-2-13-43-35-46(30-23-38(43)11-1)49-16-5-7-20-54(49)59(48-15-9-14-45(36-48)51-19-10-22-56-58(51)52-18-6-8-21-55(52)60-56)47-33-31-39(32-34-47)44-29-26-41-25-28-42-27-24-40-12-3-4-17-50(40)57(42)53(41)37-44/h1-37H. The fourth-order valence-corrected chi connectivity index (χ4v) is 9.33. The van der Waals surface area contributed by atoms with Gasteiger partial charge in [-0.2, -0.15) is 0 Å². The Kier molecular flexibility index (Phi) is 7.89. The molecule has 0 bridgehead atoms. The molecule has 60 heavy (non-hydrogen) atoms. The predicted molar refractivity (Wildman–Crippen MR) is 255 cm³/mol. The Morgan fingerprint density at radius 2 is 0.883 bits per heavy atom. The molecule has 0 fully saturated rings. The number of benzene rings is 11. The Labute approximate surface area is 347 Å². The van der Waals surface area contributed by atoms with E-state index in [2.05, 4.69) is 217 Å². The molecule has 0 atom stereocenters. The number of hydrogen-bond donors (Lipinski definition) is 0. The molecule has 0 amide bonds. The molecule has 0 aliphatic rings. The molecule has 0 saturated carbocycles. The predicted octanol–water partition coefficient (Wildman–Crippen LogP) is 16.7. The van der Waals surface area contributed by atoms with Crippen LogP contribution < -0.4 is 4.90 Å². The summed E-state index contributed by atoms with van der Waals surface area (Å²) in [4.78, 5) is 2.41. The maximum Gasteiger partial charge on any atom is 0.136 e. The molecule has 12 rings (SSSR count). The van der Waals surface area contributed by atoms with Gasteiger partial charge in [0.2, 0.25) is 0 Å². The van der Waals surface area contributed by atoms with E-state index < -0.39 is 0 Å². The zero-order valence-electron chi connectivity index (χ0n) is 32.7. The van der Waals surface area contributed by atoms with E-state index in [0.29, 0.717) is 0 Å². The minimum absolute atomic E-state index is 0.892. The van der Waals surface area contributed by atoms with Gasteiger partial charge in [0.1, 0.15) is 11.2 Å². The van der Waals surface area contributed by atoms with Gasteiger partial charge in [0.15, 0.2) is 0 Å². The summed E-state index contributed by atoms with van der Waals surface area (Å²) in [5.74, 6) is 0. The second-order valence-electron chi connectivity index (χ2n) is 15.7. The van der Waals surface area contributed by atoms with Crippen molar-refractivity contribution in [2.24, 2.45) is 0 Å². The maximum absolute atomic E-state index is 6.33. The number of hydrogen-bond acceptors (Lipinski definition) is 2. The number of anilines is 3.